The van der Waals surface area contributed by atoms with Gasteiger partial charge in [-0.05, 0) is 34.7 Å². The molecule has 0 amide bonds. The molecule has 0 aliphatic rings. The van der Waals surface area contributed by atoms with Gasteiger partial charge in [0.05, 0.1) is 9.26 Å². The second-order valence-corrected chi connectivity index (χ2v) is 2.94. The van der Waals surface area contributed by atoms with Gasteiger partial charge in [0.1, 0.15) is 0 Å². The van der Waals surface area contributed by atoms with Crippen molar-refractivity contribution in [1.29, 1.82) is 0 Å². The van der Waals surface area contributed by atoms with Gasteiger partial charge in [0.25, 0.3) is 0 Å². The molecule has 10 heavy (non-hydrogen) atoms. The van der Waals surface area contributed by atoms with Gasteiger partial charge in [0, 0.05) is 6.54 Å². The summed E-state index contributed by atoms with van der Waals surface area (Å²) < 4.78 is 13.1. The third-order valence-electron chi connectivity index (χ3n) is 1.07. The Labute approximate surface area is 71.8 Å². The summed E-state index contributed by atoms with van der Waals surface area (Å²) >= 11 is 1.88. The average Bonchev–Trinajstić information content (AvgIpc) is 1.95. The lowest BCUT2D eigenvalue weighted by molar-refractivity contribution is 0.569. The first kappa shape index (κ1) is 7.87. The molecule has 2 nitrogen and oxygen atoms in total. The van der Waals surface area contributed by atoms with Crippen LogP contribution in [-0.2, 0) is 6.54 Å². The van der Waals surface area contributed by atoms with E-state index >= 15 is 0 Å². The van der Waals surface area contributed by atoms with Crippen LogP contribution in [0.15, 0.2) is 12.1 Å². The van der Waals surface area contributed by atoms with Gasteiger partial charge in [0.15, 0.2) is 0 Å². The Balaban J connectivity index is 3.04. The number of nitrogens with two attached hydrogens (primary N) is 1. The van der Waals surface area contributed by atoms with E-state index in [1.165, 1.54) is 0 Å². The van der Waals surface area contributed by atoms with Crippen LogP contribution in [0.5, 0.6) is 0 Å². The molecule has 0 saturated carbocycles. The molecule has 0 aliphatic heterocycles. The van der Waals surface area contributed by atoms with Gasteiger partial charge in [-0.3, -0.25) is 0 Å². The molecule has 0 aromatic carbocycles. The molecule has 1 aromatic heterocycles. The standard InChI is InChI=1S/C6H6FIN2/c7-6-5(8)2-1-4(3-9)10-6/h1-2H,3,9H2. The third kappa shape index (κ3) is 1.63. The number of rotatable bonds is 1. The van der Waals surface area contributed by atoms with Gasteiger partial charge in [-0.1, -0.05) is 0 Å². The van der Waals surface area contributed by atoms with E-state index in [4.69, 9.17) is 5.73 Å². The summed E-state index contributed by atoms with van der Waals surface area (Å²) in [6.07, 6.45) is 0. The van der Waals surface area contributed by atoms with E-state index in [1.54, 1.807) is 12.1 Å². The predicted octanol–water partition coefficient (Wildman–Crippen LogP) is 1.28. The highest BCUT2D eigenvalue weighted by atomic mass is 127. The molecule has 0 spiro atoms. The Bertz CT molecular complexity index is 239. The van der Waals surface area contributed by atoms with Gasteiger partial charge in [-0.2, -0.15) is 4.39 Å². The van der Waals surface area contributed by atoms with Gasteiger partial charge < -0.3 is 5.73 Å². The van der Waals surface area contributed by atoms with E-state index in [-0.39, 0.29) is 6.54 Å². The predicted molar refractivity (Wildman–Crippen MR) is 44.8 cm³/mol. The molecule has 54 valence electrons. The fourth-order valence-corrected chi connectivity index (χ4v) is 0.869. The van der Waals surface area contributed by atoms with Crippen molar-refractivity contribution >= 4 is 22.6 Å². The molecule has 2 N–H and O–H groups in total. The third-order valence-corrected chi connectivity index (χ3v) is 1.87. The summed E-state index contributed by atoms with van der Waals surface area (Å²) in [7, 11) is 0. The number of hydrogen-bond acceptors (Lipinski definition) is 2. The van der Waals surface area contributed by atoms with Crippen LogP contribution in [0.3, 0.4) is 0 Å². The Morgan fingerprint density at radius 1 is 1.60 bits per heavy atom. The zero-order valence-corrected chi connectivity index (χ0v) is 7.30. The molecule has 0 radical (unpaired) electrons. The highest BCUT2D eigenvalue weighted by Gasteiger charge is 1.99. The molecule has 0 fully saturated rings. The minimum Gasteiger partial charge on any atom is -0.325 e. The summed E-state index contributed by atoms with van der Waals surface area (Å²) in [5.41, 5.74) is 5.82. The molecule has 1 aromatic rings. The first-order chi connectivity index (χ1) is 4.74. The lowest BCUT2D eigenvalue weighted by Crippen LogP contribution is -2.01. The van der Waals surface area contributed by atoms with E-state index < -0.39 is 5.95 Å². The minimum atomic E-state index is -0.441. The summed E-state index contributed by atoms with van der Waals surface area (Å²) in [5, 5.41) is 0. The summed E-state index contributed by atoms with van der Waals surface area (Å²) in [4.78, 5) is 3.59. The summed E-state index contributed by atoms with van der Waals surface area (Å²) in [5.74, 6) is -0.441. The van der Waals surface area contributed by atoms with E-state index in [9.17, 15) is 4.39 Å². The quantitative estimate of drug-likeness (QED) is 0.604. The maximum Gasteiger partial charge on any atom is 0.226 e. The van der Waals surface area contributed by atoms with Gasteiger partial charge in [0.2, 0.25) is 5.95 Å². The lowest BCUT2D eigenvalue weighted by Gasteiger charge is -1.95. The number of pyridine rings is 1. The molecule has 4 heteroatoms. The van der Waals surface area contributed by atoms with Crippen molar-refractivity contribution < 1.29 is 4.39 Å². The maximum atomic E-state index is 12.6. The largest absolute Gasteiger partial charge is 0.325 e. The van der Waals surface area contributed by atoms with Crippen molar-refractivity contribution in [2.45, 2.75) is 6.54 Å². The average molecular weight is 252 g/mol. The van der Waals surface area contributed by atoms with E-state index in [1.807, 2.05) is 22.6 Å². The Morgan fingerprint density at radius 2 is 2.30 bits per heavy atom. The Morgan fingerprint density at radius 3 is 2.80 bits per heavy atom. The van der Waals surface area contributed by atoms with Crippen molar-refractivity contribution in [2.24, 2.45) is 5.73 Å². The first-order valence-corrected chi connectivity index (χ1v) is 3.83. The van der Waals surface area contributed by atoms with E-state index in [0.717, 1.165) is 0 Å². The topological polar surface area (TPSA) is 38.9 Å². The molecule has 0 saturated heterocycles. The van der Waals surface area contributed by atoms with Crippen LogP contribution in [0.4, 0.5) is 4.39 Å². The van der Waals surface area contributed by atoms with Gasteiger partial charge in [-0.15, -0.1) is 0 Å². The number of nitrogens with zero attached hydrogens (tertiary/aromatic N) is 1. The number of aromatic nitrogens is 1. The van der Waals surface area contributed by atoms with Crippen molar-refractivity contribution in [3.05, 3.63) is 27.3 Å². The number of halogens is 2. The molecule has 1 rings (SSSR count). The van der Waals surface area contributed by atoms with Crippen LogP contribution in [0.2, 0.25) is 0 Å². The Hall–Kier alpha value is -0.230. The zero-order valence-electron chi connectivity index (χ0n) is 5.14. The van der Waals surface area contributed by atoms with Crippen molar-refractivity contribution in [1.82, 2.24) is 4.98 Å². The Kier molecular flexibility index (Phi) is 2.56. The van der Waals surface area contributed by atoms with E-state index in [2.05, 4.69) is 4.98 Å². The fraction of sp³-hybridized carbons (Fsp3) is 0.167. The van der Waals surface area contributed by atoms with Crippen LogP contribution in [0.1, 0.15) is 5.69 Å². The maximum absolute atomic E-state index is 12.6. The summed E-state index contributed by atoms with van der Waals surface area (Å²) in [6, 6.07) is 3.37. The van der Waals surface area contributed by atoms with Crippen LogP contribution in [0, 0.1) is 9.52 Å². The molecule has 0 unspecified atom stereocenters. The molecular formula is C6H6FIN2. The smallest absolute Gasteiger partial charge is 0.226 e. The molecular weight excluding hydrogens is 246 g/mol. The van der Waals surface area contributed by atoms with E-state index in [0.29, 0.717) is 9.26 Å². The van der Waals surface area contributed by atoms with Crippen LogP contribution < -0.4 is 5.73 Å². The highest BCUT2D eigenvalue weighted by Crippen LogP contribution is 2.07. The second-order valence-electron chi connectivity index (χ2n) is 1.78. The zero-order chi connectivity index (χ0) is 7.56. The van der Waals surface area contributed by atoms with Crippen molar-refractivity contribution in [2.75, 3.05) is 0 Å². The monoisotopic (exact) mass is 252 g/mol. The van der Waals surface area contributed by atoms with Crippen molar-refractivity contribution in [3.63, 3.8) is 0 Å². The minimum absolute atomic E-state index is 0.286. The molecule has 1 heterocycles. The fourth-order valence-electron chi connectivity index (χ4n) is 0.569. The molecule has 0 bridgehead atoms. The first-order valence-electron chi connectivity index (χ1n) is 2.75. The van der Waals surface area contributed by atoms with Crippen LogP contribution >= 0.6 is 22.6 Å². The van der Waals surface area contributed by atoms with Crippen LogP contribution in [-0.4, -0.2) is 4.98 Å². The molecule has 0 aliphatic carbocycles. The number of hydrogen-bond donors (Lipinski definition) is 1. The van der Waals surface area contributed by atoms with Gasteiger partial charge >= 0.3 is 0 Å². The van der Waals surface area contributed by atoms with Crippen molar-refractivity contribution in [3.8, 4) is 0 Å². The SMILES string of the molecule is NCc1ccc(I)c(F)n1. The molecule has 0 atom stereocenters. The summed E-state index contributed by atoms with van der Waals surface area (Å²) in [6.45, 7) is 0.286. The second kappa shape index (κ2) is 3.25. The van der Waals surface area contributed by atoms with Gasteiger partial charge in [-0.25, -0.2) is 4.98 Å². The normalized spacial score (nSPS) is 9.90. The highest BCUT2D eigenvalue weighted by molar-refractivity contribution is 14.1. The van der Waals surface area contributed by atoms with Crippen LogP contribution in [0.25, 0.3) is 0 Å². The lowest BCUT2D eigenvalue weighted by atomic mass is 10.3.